The van der Waals surface area contributed by atoms with Crippen LogP contribution in [0, 0.1) is 6.92 Å². The molecule has 28 heavy (non-hydrogen) atoms. The van der Waals surface area contributed by atoms with Crippen molar-refractivity contribution in [2.24, 2.45) is 0 Å². The number of aryl methyl sites for hydroxylation is 1. The molecular weight excluding hydrogens is 376 g/mol. The van der Waals surface area contributed by atoms with Crippen LogP contribution < -0.4 is 5.32 Å². The van der Waals surface area contributed by atoms with Crippen molar-refractivity contribution in [3.05, 3.63) is 65.0 Å². The first-order valence-corrected chi connectivity index (χ1v) is 9.31. The molecule has 6 nitrogen and oxygen atoms in total. The van der Waals surface area contributed by atoms with Gasteiger partial charge in [-0.15, -0.1) is 0 Å². The van der Waals surface area contributed by atoms with E-state index in [0.29, 0.717) is 38.8 Å². The molecule has 0 saturated carbocycles. The lowest BCUT2D eigenvalue weighted by molar-refractivity contribution is 0.102. The van der Waals surface area contributed by atoms with Crippen molar-refractivity contribution in [3.63, 3.8) is 0 Å². The van der Waals surface area contributed by atoms with E-state index < -0.39 is 0 Å². The number of furan rings is 1. The topological polar surface area (TPSA) is 73.0 Å². The molecule has 0 aliphatic rings. The lowest BCUT2D eigenvalue weighted by atomic mass is 10.1. The first-order chi connectivity index (χ1) is 13.4. The summed E-state index contributed by atoms with van der Waals surface area (Å²) >= 11 is 6.02. The third kappa shape index (κ3) is 3.27. The lowest BCUT2D eigenvalue weighted by Gasteiger charge is -2.11. The van der Waals surface area contributed by atoms with E-state index in [4.69, 9.17) is 16.0 Å². The van der Waals surface area contributed by atoms with Crippen LogP contribution in [0.5, 0.6) is 0 Å². The van der Waals surface area contributed by atoms with Gasteiger partial charge in [0.15, 0.2) is 11.4 Å². The molecule has 0 atom stereocenters. The molecule has 0 bridgehead atoms. The van der Waals surface area contributed by atoms with Gasteiger partial charge in [0.1, 0.15) is 5.69 Å². The van der Waals surface area contributed by atoms with Gasteiger partial charge in [-0.25, -0.2) is 9.67 Å². The third-order valence-corrected chi connectivity index (χ3v) is 4.75. The number of hydrogen-bond donors (Lipinski definition) is 1. The maximum atomic E-state index is 13.1. The second-order valence-corrected chi connectivity index (χ2v) is 7.30. The van der Waals surface area contributed by atoms with E-state index in [2.05, 4.69) is 15.4 Å². The molecule has 1 N–H and O–H groups in total. The fourth-order valence-corrected chi connectivity index (χ4v) is 3.32. The monoisotopic (exact) mass is 394 g/mol. The van der Waals surface area contributed by atoms with Gasteiger partial charge in [-0.3, -0.25) is 4.79 Å². The van der Waals surface area contributed by atoms with Crippen LogP contribution in [0.25, 0.3) is 22.5 Å². The Balaban J connectivity index is 1.83. The number of hydrogen-bond acceptors (Lipinski definition) is 4. The van der Waals surface area contributed by atoms with Crippen LogP contribution in [0.1, 0.15) is 35.8 Å². The number of amides is 1. The highest BCUT2D eigenvalue weighted by Crippen LogP contribution is 2.28. The standard InChI is InChI=1S/C21H19ClN4O2/c1-12(2)26-20-16(11-23-26)15(10-18(24-20)19-5-4-8-28-19)21(27)25-17-7-6-14(22)9-13(17)3/h4-12H,1-3H3,(H,25,27). The van der Waals surface area contributed by atoms with Crippen LogP contribution in [0.4, 0.5) is 5.69 Å². The minimum Gasteiger partial charge on any atom is -0.463 e. The smallest absolute Gasteiger partial charge is 0.256 e. The molecule has 0 aliphatic carbocycles. The summed E-state index contributed by atoms with van der Waals surface area (Å²) in [4.78, 5) is 17.8. The number of rotatable bonds is 4. The van der Waals surface area contributed by atoms with E-state index in [0.717, 1.165) is 5.56 Å². The number of nitrogens with one attached hydrogen (secondary N) is 1. The van der Waals surface area contributed by atoms with Gasteiger partial charge >= 0.3 is 0 Å². The maximum absolute atomic E-state index is 13.1. The molecule has 0 aliphatic heterocycles. The lowest BCUT2D eigenvalue weighted by Crippen LogP contribution is -2.14. The van der Waals surface area contributed by atoms with Gasteiger partial charge in [-0.2, -0.15) is 5.10 Å². The van der Waals surface area contributed by atoms with Gasteiger partial charge in [0.25, 0.3) is 5.91 Å². The van der Waals surface area contributed by atoms with Gasteiger partial charge in [0.2, 0.25) is 0 Å². The van der Waals surface area contributed by atoms with Gasteiger partial charge in [-0.1, -0.05) is 11.6 Å². The Morgan fingerprint density at radius 1 is 1.25 bits per heavy atom. The average Bonchev–Trinajstić information content (AvgIpc) is 3.32. The summed E-state index contributed by atoms with van der Waals surface area (Å²) in [5.74, 6) is 0.351. The molecule has 1 amide bonds. The summed E-state index contributed by atoms with van der Waals surface area (Å²) in [6.45, 7) is 5.93. The number of carbonyl (C=O) groups is 1. The Bertz CT molecular complexity index is 1160. The zero-order valence-electron chi connectivity index (χ0n) is 15.7. The van der Waals surface area contributed by atoms with Crippen LogP contribution in [0.15, 0.2) is 53.3 Å². The predicted molar refractivity (Wildman–Crippen MR) is 110 cm³/mol. The number of nitrogens with zero attached hydrogens (tertiary/aromatic N) is 3. The summed E-state index contributed by atoms with van der Waals surface area (Å²) in [5, 5.41) is 8.70. The molecule has 1 aromatic carbocycles. The van der Waals surface area contributed by atoms with E-state index in [1.54, 1.807) is 41.4 Å². The van der Waals surface area contributed by atoms with Gasteiger partial charge in [0.05, 0.1) is 23.4 Å². The van der Waals surface area contributed by atoms with Crippen molar-refractivity contribution >= 4 is 34.2 Å². The number of halogens is 1. The van der Waals surface area contributed by atoms with Crippen molar-refractivity contribution in [2.75, 3.05) is 5.32 Å². The highest BCUT2D eigenvalue weighted by molar-refractivity contribution is 6.30. The van der Waals surface area contributed by atoms with Crippen molar-refractivity contribution in [1.29, 1.82) is 0 Å². The summed E-state index contributed by atoms with van der Waals surface area (Å²) in [6.07, 6.45) is 3.26. The number of pyridine rings is 1. The van der Waals surface area contributed by atoms with Gasteiger partial charge < -0.3 is 9.73 Å². The fourth-order valence-electron chi connectivity index (χ4n) is 3.09. The summed E-state index contributed by atoms with van der Waals surface area (Å²) in [5.41, 5.74) is 3.29. The van der Waals surface area contributed by atoms with Crippen LogP contribution >= 0.6 is 11.6 Å². The second kappa shape index (κ2) is 7.13. The van der Waals surface area contributed by atoms with E-state index in [-0.39, 0.29) is 11.9 Å². The minimum absolute atomic E-state index is 0.103. The SMILES string of the molecule is Cc1cc(Cl)ccc1NC(=O)c1cc(-c2ccco2)nc2c1cnn2C(C)C. The highest BCUT2D eigenvalue weighted by atomic mass is 35.5. The van der Waals surface area contributed by atoms with Crippen molar-refractivity contribution in [2.45, 2.75) is 26.8 Å². The first-order valence-electron chi connectivity index (χ1n) is 8.93. The summed E-state index contributed by atoms with van der Waals surface area (Å²) in [6, 6.07) is 10.8. The molecular formula is C21H19ClN4O2. The van der Waals surface area contributed by atoms with Crippen LogP contribution in [0.2, 0.25) is 5.02 Å². The zero-order chi connectivity index (χ0) is 19.8. The van der Waals surface area contributed by atoms with Crippen molar-refractivity contribution in [1.82, 2.24) is 14.8 Å². The fraction of sp³-hybridized carbons (Fsp3) is 0.190. The molecule has 3 heterocycles. The van der Waals surface area contributed by atoms with Crippen molar-refractivity contribution in [3.8, 4) is 11.5 Å². The van der Waals surface area contributed by atoms with E-state index in [9.17, 15) is 4.79 Å². The molecule has 0 fully saturated rings. The molecule has 0 spiro atoms. The summed E-state index contributed by atoms with van der Waals surface area (Å²) < 4.78 is 7.29. The largest absolute Gasteiger partial charge is 0.463 e. The van der Waals surface area contributed by atoms with Gasteiger partial charge in [-0.05, 0) is 62.7 Å². The quantitative estimate of drug-likeness (QED) is 0.497. The second-order valence-electron chi connectivity index (χ2n) is 6.87. The van der Waals surface area contributed by atoms with Crippen LogP contribution in [0.3, 0.4) is 0 Å². The molecule has 4 rings (SSSR count). The highest BCUT2D eigenvalue weighted by Gasteiger charge is 2.20. The summed E-state index contributed by atoms with van der Waals surface area (Å²) in [7, 11) is 0. The van der Waals surface area contributed by atoms with Crippen LogP contribution in [-0.2, 0) is 0 Å². The number of aromatic nitrogens is 3. The molecule has 0 saturated heterocycles. The Morgan fingerprint density at radius 2 is 2.07 bits per heavy atom. The number of benzene rings is 1. The number of carbonyl (C=O) groups excluding carboxylic acids is 1. The predicted octanol–water partition coefficient (Wildman–Crippen LogP) is 5.49. The first kappa shape index (κ1) is 18.3. The maximum Gasteiger partial charge on any atom is 0.256 e. The Hall–Kier alpha value is -3.12. The molecule has 4 aromatic rings. The van der Waals surface area contributed by atoms with E-state index in [1.165, 1.54) is 0 Å². The number of fused-ring (bicyclic) bond motifs is 1. The molecule has 3 aromatic heterocycles. The van der Waals surface area contributed by atoms with E-state index in [1.807, 2.05) is 32.9 Å². The molecule has 7 heteroatoms. The van der Waals surface area contributed by atoms with Crippen molar-refractivity contribution < 1.29 is 9.21 Å². The van der Waals surface area contributed by atoms with Crippen LogP contribution in [-0.4, -0.2) is 20.7 Å². The molecule has 0 radical (unpaired) electrons. The Kier molecular flexibility index (Phi) is 4.65. The van der Waals surface area contributed by atoms with Gasteiger partial charge in [0, 0.05) is 16.8 Å². The minimum atomic E-state index is -0.242. The molecule has 0 unspecified atom stereocenters. The number of anilines is 1. The molecule has 142 valence electrons. The Labute approximate surface area is 167 Å². The normalized spacial score (nSPS) is 11.3. The Morgan fingerprint density at radius 3 is 2.75 bits per heavy atom. The zero-order valence-corrected chi connectivity index (χ0v) is 16.5. The average molecular weight is 395 g/mol. The van der Waals surface area contributed by atoms with E-state index >= 15 is 0 Å². The third-order valence-electron chi connectivity index (χ3n) is 4.51.